The third-order valence-electron chi connectivity index (χ3n) is 6.91. The Labute approximate surface area is 227 Å². The Morgan fingerprint density at radius 1 is 1.08 bits per heavy atom. The lowest BCUT2D eigenvalue weighted by molar-refractivity contribution is -0.138. The quantitative estimate of drug-likeness (QED) is 0.302. The first-order chi connectivity index (χ1) is 18.5. The van der Waals surface area contributed by atoms with Crippen molar-refractivity contribution < 1.29 is 9.53 Å². The molecule has 0 spiro atoms. The highest BCUT2D eigenvalue weighted by molar-refractivity contribution is 7.10. The smallest absolute Gasteiger partial charge is 0.338 e. The number of para-hydroxylation sites is 1. The number of aryl methyl sites for hydroxylation is 1. The molecular formula is C30H25N3O3S2. The maximum Gasteiger partial charge on any atom is 0.338 e. The Morgan fingerprint density at radius 3 is 2.58 bits per heavy atom. The zero-order valence-corrected chi connectivity index (χ0v) is 22.8. The van der Waals surface area contributed by atoms with E-state index in [1.165, 1.54) is 22.7 Å². The molecule has 5 aromatic rings. The van der Waals surface area contributed by atoms with E-state index in [9.17, 15) is 9.59 Å². The zero-order chi connectivity index (χ0) is 26.4. The van der Waals surface area contributed by atoms with Crippen LogP contribution in [0.15, 0.2) is 87.5 Å². The molecular weight excluding hydrogens is 514 g/mol. The Hall–Kier alpha value is -4.01. The van der Waals surface area contributed by atoms with E-state index in [1.807, 2.05) is 73.1 Å². The molecule has 0 amide bonds. The van der Waals surface area contributed by atoms with Crippen molar-refractivity contribution in [1.29, 1.82) is 0 Å². The molecule has 1 unspecified atom stereocenters. The number of benzene rings is 2. The number of ether oxygens (including phenoxy) is 1. The van der Waals surface area contributed by atoms with E-state index < -0.39 is 12.0 Å². The van der Waals surface area contributed by atoms with E-state index >= 15 is 0 Å². The molecule has 1 aliphatic rings. The third kappa shape index (κ3) is 3.88. The summed E-state index contributed by atoms with van der Waals surface area (Å²) in [6, 6.07) is 21.0. The van der Waals surface area contributed by atoms with Crippen LogP contribution in [-0.2, 0) is 16.6 Å². The van der Waals surface area contributed by atoms with Gasteiger partial charge in [0.05, 0.1) is 22.4 Å². The molecule has 3 aromatic heterocycles. The van der Waals surface area contributed by atoms with Gasteiger partial charge in [-0.3, -0.25) is 9.36 Å². The summed E-state index contributed by atoms with van der Waals surface area (Å²) in [5.74, 6) is -0.465. The summed E-state index contributed by atoms with van der Waals surface area (Å²) in [6.45, 7) is 4.07. The second-order valence-corrected chi connectivity index (χ2v) is 11.0. The number of fused-ring (bicyclic) bond motifs is 2. The van der Waals surface area contributed by atoms with Gasteiger partial charge in [-0.05, 0) is 37.4 Å². The summed E-state index contributed by atoms with van der Waals surface area (Å²) in [4.78, 5) is 33.8. The maximum atomic E-state index is 14.1. The van der Waals surface area contributed by atoms with Crippen molar-refractivity contribution in [2.75, 3.05) is 6.61 Å². The van der Waals surface area contributed by atoms with Gasteiger partial charge in [-0.15, -0.1) is 11.3 Å². The zero-order valence-electron chi connectivity index (χ0n) is 21.2. The van der Waals surface area contributed by atoms with Crippen molar-refractivity contribution in [1.82, 2.24) is 9.13 Å². The molecule has 0 radical (unpaired) electrons. The number of hydrogen-bond acceptors (Lipinski definition) is 6. The number of nitrogens with zero attached hydrogens (tertiary/aromatic N) is 3. The molecule has 2 aromatic carbocycles. The van der Waals surface area contributed by atoms with E-state index in [4.69, 9.17) is 9.73 Å². The number of thiophene rings is 1. The summed E-state index contributed by atoms with van der Waals surface area (Å²) in [5, 5.41) is 3.04. The van der Waals surface area contributed by atoms with Gasteiger partial charge in [0.25, 0.3) is 5.56 Å². The van der Waals surface area contributed by atoms with Gasteiger partial charge >= 0.3 is 5.97 Å². The molecule has 38 heavy (non-hydrogen) atoms. The maximum absolute atomic E-state index is 14.1. The fraction of sp³-hybridized carbons (Fsp3) is 0.167. The number of carbonyl (C=O) groups excluding carboxylic acids is 1. The van der Waals surface area contributed by atoms with E-state index in [0.29, 0.717) is 20.6 Å². The largest absolute Gasteiger partial charge is 0.463 e. The monoisotopic (exact) mass is 539 g/mol. The van der Waals surface area contributed by atoms with Crippen LogP contribution in [0.25, 0.3) is 22.7 Å². The summed E-state index contributed by atoms with van der Waals surface area (Å²) in [6.07, 6.45) is 1.96. The molecule has 0 fully saturated rings. The molecule has 4 heterocycles. The minimum absolute atomic E-state index is 0.173. The lowest BCUT2D eigenvalue weighted by Crippen LogP contribution is -2.39. The molecule has 190 valence electrons. The van der Waals surface area contributed by atoms with Gasteiger partial charge in [0.15, 0.2) is 4.80 Å². The van der Waals surface area contributed by atoms with Gasteiger partial charge in [0.1, 0.15) is 6.04 Å². The van der Waals surface area contributed by atoms with E-state index in [2.05, 4.69) is 23.6 Å². The van der Waals surface area contributed by atoms with Gasteiger partial charge in [-0.25, -0.2) is 9.79 Å². The van der Waals surface area contributed by atoms with E-state index in [1.54, 1.807) is 11.5 Å². The summed E-state index contributed by atoms with van der Waals surface area (Å²) >= 11 is 2.85. The van der Waals surface area contributed by atoms with Gasteiger partial charge in [-0.1, -0.05) is 65.9 Å². The van der Waals surface area contributed by atoms with Gasteiger partial charge in [0, 0.05) is 39.6 Å². The van der Waals surface area contributed by atoms with Crippen molar-refractivity contribution in [3.63, 3.8) is 0 Å². The first-order valence-electron chi connectivity index (χ1n) is 12.4. The molecule has 0 N–H and O–H groups in total. The Bertz CT molecular complexity index is 1890. The number of esters is 1. The Balaban J connectivity index is 1.66. The predicted octanol–water partition coefficient (Wildman–Crippen LogP) is 4.80. The highest BCUT2D eigenvalue weighted by atomic mass is 32.1. The number of rotatable bonds is 5. The molecule has 8 heteroatoms. The summed E-state index contributed by atoms with van der Waals surface area (Å²) in [7, 11) is 2.03. The van der Waals surface area contributed by atoms with Crippen LogP contribution >= 0.6 is 22.7 Å². The minimum atomic E-state index is -0.628. The molecule has 6 rings (SSSR count). The van der Waals surface area contributed by atoms with Crippen LogP contribution in [0.1, 0.15) is 34.7 Å². The van der Waals surface area contributed by atoms with Crippen LogP contribution in [0.4, 0.5) is 0 Å². The summed E-state index contributed by atoms with van der Waals surface area (Å²) in [5.41, 5.74) is 4.74. The van der Waals surface area contributed by atoms with Crippen molar-refractivity contribution in [2.24, 2.45) is 12.0 Å². The van der Waals surface area contributed by atoms with Crippen LogP contribution in [0.5, 0.6) is 0 Å². The average molecular weight is 540 g/mol. The molecule has 1 aliphatic heterocycles. The van der Waals surface area contributed by atoms with Crippen LogP contribution in [0.3, 0.4) is 0 Å². The van der Waals surface area contributed by atoms with Gasteiger partial charge in [0.2, 0.25) is 0 Å². The molecule has 0 aliphatic carbocycles. The van der Waals surface area contributed by atoms with Crippen LogP contribution in [0, 0.1) is 6.92 Å². The van der Waals surface area contributed by atoms with E-state index in [-0.39, 0.29) is 12.2 Å². The first kappa shape index (κ1) is 24.3. The topological polar surface area (TPSA) is 65.6 Å². The third-order valence-corrected chi connectivity index (χ3v) is 8.82. The van der Waals surface area contributed by atoms with Crippen molar-refractivity contribution in [3.8, 4) is 0 Å². The Kier molecular flexibility index (Phi) is 6.21. The fourth-order valence-corrected chi connectivity index (χ4v) is 6.83. The number of thiazole rings is 1. The predicted molar refractivity (Wildman–Crippen MR) is 153 cm³/mol. The van der Waals surface area contributed by atoms with Crippen LogP contribution in [-0.4, -0.2) is 21.7 Å². The lowest BCUT2D eigenvalue weighted by atomic mass is 9.97. The number of hydrogen-bond donors (Lipinski definition) is 0. The van der Waals surface area contributed by atoms with Crippen LogP contribution < -0.4 is 14.9 Å². The standard InChI is InChI=1S/C30H25N3O3S2/c1-4-36-29(35)25-26(19-11-6-5-7-12-19)31-30-33(27(25)23-15-10-16-37-23)28(34)24(38-30)17-21-18(2)32(3)22-14-9-8-13-20(21)22/h5-17,27H,4H2,1-3H3. The minimum Gasteiger partial charge on any atom is -0.463 e. The van der Waals surface area contributed by atoms with Crippen LogP contribution in [0.2, 0.25) is 0 Å². The summed E-state index contributed by atoms with van der Waals surface area (Å²) < 4.78 is 9.87. The first-order valence-corrected chi connectivity index (χ1v) is 14.0. The van der Waals surface area contributed by atoms with Gasteiger partial charge in [-0.2, -0.15) is 0 Å². The van der Waals surface area contributed by atoms with Crippen molar-refractivity contribution >= 4 is 51.3 Å². The molecule has 0 bridgehead atoms. The SMILES string of the molecule is CCOC(=O)C1=C(c2ccccc2)N=c2sc(=Cc3c(C)n(C)c4ccccc34)c(=O)n2C1c1cccs1. The molecule has 0 saturated carbocycles. The van der Waals surface area contributed by atoms with Gasteiger partial charge < -0.3 is 9.30 Å². The highest BCUT2D eigenvalue weighted by Crippen LogP contribution is 2.37. The molecule has 1 atom stereocenters. The second-order valence-electron chi connectivity index (χ2n) is 9.02. The molecule has 0 saturated heterocycles. The Morgan fingerprint density at radius 2 is 1.84 bits per heavy atom. The highest BCUT2D eigenvalue weighted by Gasteiger charge is 2.35. The average Bonchev–Trinajstić information content (AvgIpc) is 3.64. The van der Waals surface area contributed by atoms with Crippen molar-refractivity contribution in [2.45, 2.75) is 19.9 Å². The lowest BCUT2D eigenvalue weighted by Gasteiger charge is -2.24. The second kappa shape index (κ2) is 9.70. The normalized spacial score (nSPS) is 15.6. The molecule has 6 nitrogen and oxygen atoms in total. The van der Waals surface area contributed by atoms with Crippen molar-refractivity contribution in [3.05, 3.63) is 119 Å². The fourth-order valence-electron chi connectivity index (χ4n) is 5.02. The van der Waals surface area contributed by atoms with E-state index in [0.717, 1.165) is 32.6 Å². The number of aromatic nitrogens is 2. The number of carbonyl (C=O) groups is 1.